The number of nitrogens with one attached hydrogen (secondary N) is 2. The van der Waals surface area contributed by atoms with Gasteiger partial charge in [-0.05, 0) is 114 Å². The molecule has 0 fully saturated rings. The maximum Gasteiger partial charge on any atom is 0.357 e. The molecule has 7 heteroatoms. The topological polar surface area (TPSA) is 70.2 Å². The van der Waals surface area contributed by atoms with Crippen LogP contribution in [0.4, 0.5) is 0 Å². The summed E-state index contributed by atoms with van der Waals surface area (Å²) in [5.41, 5.74) is 8.62. The van der Waals surface area contributed by atoms with Crippen molar-refractivity contribution in [1.82, 2.24) is 20.3 Å². The van der Waals surface area contributed by atoms with Crippen LogP contribution in [0.25, 0.3) is 32.6 Å². The third-order valence-corrected chi connectivity index (χ3v) is 8.45. The summed E-state index contributed by atoms with van der Waals surface area (Å²) in [6, 6.07) is 21.0. The van der Waals surface area contributed by atoms with Gasteiger partial charge in [-0.2, -0.15) is 0 Å². The van der Waals surface area contributed by atoms with Gasteiger partial charge in [0.05, 0.1) is 5.56 Å². The van der Waals surface area contributed by atoms with Crippen LogP contribution in [0.5, 0.6) is 0 Å². The number of rotatable bonds is 11. The highest BCUT2D eigenvalue weighted by atomic mass is 32.1. The second kappa shape index (κ2) is 13.0. The molecule has 5 rings (SSSR count). The van der Waals surface area contributed by atoms with Crippen molar-refractivity contribution in [3.05, 3.63) is 100 Å². The number of hydrogen-bond acceptors (Lipinski definition) is 6. The lowest BCUT2D eigenvalue weighted by atomic mass is 9.99. The number of pyridine rings is 1. The maximum atomic E-state index is 13.2. The van der Waals surface area contributed by atoms with Gasteiger partial charge in [0, 0.05) is 62.9 Å². The highest BCUT2D eigenvalue weighted by molar-refractivity contribution is 7.15. The van der Waals surface area contributed by atoms with Gasteiger partial charge in [-0.25, -0.2) is 4.79 Å². The highest BCUT2D eigenvalue weighted by Gasteiger charge is 2.21. The lowest BCUT2D eigenvalue weighted by Gasteiger charge is -2.28. The number of aromatic nitrogens is 2. The molecule has 6 nitrogen and oxygen atoms in total. The van der Waals surface area contributed by atoms with E-state index >= 15 is 0 Å². The number of carbonyl (C=O) groups is 1. The molecule has 0 aliphatic rings. The first kappa shape index (κ1) is 29.7. The van der Waals surface area contributed by atoms with Crippen molar-refractivity contribution in [2.75, 3.05) is 6.54 Å². The Labute approximate surface area is 252 Å². The summed E-state index contributed by atoms with van der Waals surface area (Å²) >= 11 is 1.79. The summed E-state index contributed by atoms with van der Waals surface area (Å²) in [4.78, 5) is 29.5. The van der Waals surface area contributed by atoms with E-state index in [4.69, 9.17) is 4.84 Å². The first-order chi connectivity index (χ1) is 20.2. The van der Waals surface area contributed by atoms with E-state index in [1.165, 1.54) is 26.4 Å². The van der Waals surface area contributed by atoms with Gasteiger partial charge in [0.1, 0.15) is 0 Å². The Morgan fingerprint density at radius 3 is 2.43 bits per heavy atom. The summed E-state index contributed by atoms with van der Waals surface area (Å²) in [5.74, 6) is -0.334. The number of fused-ring (bicyclic) bond motifs is 1. The van der Waals surface area contributed by atoms with Gasteiger partial charge in [-0.15, -0.1) is 16.4 Å². The van der Waals surface area contributed by atoms with Crippen molar-refractivity contribution in [3.8, 4) is 21.7 Å². The number of benzene rings is 2. The molecule has 2 N–H and O–H groups in total. The molecule has 0 spiro atoms. The largest absolute Gasteiger partial charge is 0.363 e. The van der Waals surface area contributed by atoms with Crippen molar-refractivity contribution < 1.29 is 9.63 Å². The van der Waals surface area contributed by atoms with E-state index in [2.05, 4.69) is 65.5 Å². The number of aryl methyl sites for hydroxylation is 2. The molecule has 0 unspecified atom stereocenters. The summed E-state index contributed by atoms with van der Waals surface area (Å²) in [6.07, 6.45) is 4.52. The third-order valence-electron chi connectivity index (χ3n) is 7.32. The Hall–Kier alpha value is -3.78. The third kappa shape index (κ3) is 6.81. The molecule has 218 valence electrons. The molecule has 0 aliphatic heterocycles. The second-order valence-corrected chi connectivity index (χ2v) is 12.6. The Morgan fingerprint density at radius 2 is 1.74 bits per heavy atom. The van der Waals surface area contributed by atoms with Crippen molar-refractivity contribution in [2.24, 2.45) is 0 Å². The number of hydroxylamine groups is 2. The molecule has 0 atom stereocenters. The minimum atomic E-state index is -0.334. The molecule has 3 heterocycles. The van der Waals surface area contributed by atoms with Crippen LogP contribution in [0.15, 0.2) is 73.1 Å². The summed E-state index contributed by atoms with van der Waals surface area (Å²) in [5, 5.41) is 6.44. The van der Waals surface area contributed by atoms with Crippen LogP contribution in [-0.4, -0.2) is 39.6 Å². The molecule has 42 heavy (non-hydrogen) atoms. The zero-order valence-corrected chi connectivity index (χ0v) is 26.1. The summed E-state index contributed by atoms with van der Waals surface area (Å²) < 4.78 is 0. The van der Waals surface area contributed by atoms with Crippen LogP contribution >= 0.6 is 11.3 Å². The zero-order valence-electron chi connectivity index (χ0n) is 25.3. The van der Waals surface area contributed by atoms with Crippen LogP contribution in [0.1, 0.15) is 59.6 Å². The van der Waals surface area contributed by atoms with Gasteiger partial charge in [-0.1, -0.05) is 23.3 Å². The van der Waals surface area contributed by atoms with E-state index in [0.29, 0.717) is 5.56 Å². The van der Waals surface area contributed by atoms with Crippen molar-refractivity contribution in [2.45, 2.75) is 66.6 Å². The van der Waals surface area contributed by atoms with E-state index in [1.54, 1.807) is 22.6 Å². The molecule has 0 aliphatic carbocycles. The molecule has 5 aromatic rings. The smallest absolute Gasteiger partial charge is 0.357 e. The average molecular weight is 581 g/mol. The quantitative estimate of drug-likeness (QED) is 0.122. The number of H-pyrrole nitrogens is 1. The molecule has 0 amide bonds. The number of aromatic amines is 1. The van der Waals surface area contributed by atoms with E-state index in [0.717, 1.165) is 47.2 Å². The van der Waals surface area contributed by atoms with Gasteiger partial charge in [0.2, 0.25) is 0 Å². The summed E-state index contributed by atoms with van der Waals surface area (Å²) in [7, 11) is 0. The SMILES string of the molecule is Cc1cc(C)cc(-c2[nH]c3ccc(C(=O)ON(C(C)C)C(C)C)cc3c2CCNCc2ccc(-c3cccnc3)s2)c1. The number of nitrogens with zero attached hydrogens (tertiary/aromatic N) is 2. The molecule has 0 saturated carbocycles. The predicted molar refractivity (Wildman–Crippen MR) is 174 cm³/mol. The first-order valence-electron chi connectivity index (χ1n) is 14.6. The molecular formula is C35H40N4O2S. The molecule has 2 aromatic carbocycles. The van der Waals surface area contributed by atoms with Crippen LogP contribution in [0, 0.1) is 13.8 Å². The van der Waals surface area contributed by atoms with Crippen LogP contribution in [0.3, 0.4) is 0 Å². The Balaban J connectivity index is 1.39. The van der Waals surface area contributed by atoms with E-state index < -0.39 is 0 Å². The fourth-order valence-electron chi connectivity index (χ4n) is 5.52. The Bertz CT molecular complexity index is 1640. The molecular weight excluding hydrogens is 540 g/mol. The normalized spacial score (nSPS) is 11.7. The van der Waals surface area contributed by atoms with Gasteiger partial charge in [-0.3, -0.25) is 4.98 Å². The number of carbonyl (C=O) groups excluding carboxylic acids is 1. The van der Waals surface area contributed by atoms with E-state index in [9.17, 15) is 4.79 Å². The van der Waals surface area contributed by atoms with Gasteiger partial charge < -0.3 is 15.1 Å². The van der Waals surface area contributed by atoms with Gasteiger partial charge in [0.25, 0.3) is 0 Å². The van der Waals surface area contributed by atoms with Gasteiger partial charge >= 0.3 is 5.97 Å². The van der Waals surface area contributed by atoms with E-state index in [1.807, 2.05) is 58.2 Å². The minimum absolute atomic E-state index is 0.0894. The Kier molecular flexibility index (Phi) is 9.21. The second-order valence-electron chi connectivity index (χ2n) is 11.5. The first-order valence-corrected chi connectivity index (χ1v) is 15.4. The average Bonchev–Trinajstić information content (AvgIpc) is 3.58. The van der Waals surface area contributed by atoms with Crippen LogP contribution in [0.2, 0.25) is 0 Å². The lowest BCUT2D eigenvalue weighted by molar-refractivity contribution is -0.150. The molecule has 0 saturated heterocycles. The van der Waals surface area contributed by atoms with Crippen molar-refractivity contribution in [1.29, 1.82) is 0 Å². The van der Waals surface area contributed by atoms with Crippen molar-refractivity contribution >= 4 is 28.2 Å². The van der Waals surface area contributed by atoms with Crippen LogP contribution < -0.4 is 5.32 Å². The standard InChI is InChI=1S/C35H40N4O2S/c1-22(2)39(23(3)4)41-35(40)26-9-11-32-31(19-26)30(34(38-32)28-17-24(5)16-25(6)18-28)13-15-37-21-29-10-12-33(42-29)27-8-7-14-36-20-27/h7-12,14,16-20,22-23,37-38H,13,15,21H2,1-6H3. The fourth-order valence-corrected chi connectivity index (χ4v) is 6.48. The number of thiophene rings is 1. The summed E-state index contributed by atoms with van der Waals surface area (Å²) in [6.45, 7) is 14.0. The lowest BCUT2D eigenvalue weighted by Crippen LogP contribution is -2.38. The Morgan fingerprint density at radius 1 is 0.976 bits per heavy atom. The molecule has 3 aromatic heterocycles. The van der Waals surface area contributed by atoms with Crippen LogP contribution in [-0.2, 0) is 17.8 Å². The minimum Gasteiger partial charge on any atom is -0.363 e. The van der Waals surface area contributed by atoms with Crippen molar-refractivity contribution in [3.63, 3.8) is 0 Å². The van der Waals surface area contributed by atoms with E-state index in [-0.39, 0.29) is 18.1 Å². The monoisotopic (exact) mass is 580 g/mol. The molecule has 0 bridgehead atoms. The molecule has 0 radical (unpaired) electrons. The predicted octanol–water partition coefficient (Wildman–Crippen LogP) is 8.10. The fraction of sp³-hybridized carbons (Fsp3) is 0.314. The number of hydrogen-bond donors (Lipinski definition) is 2. The maximum absolute atomic E-state index is 13.2. The zero-order chi connectivity index (χ0) is 29.8. The van der Waals surface area contributed by atoms with Gasteiger partial charge in [0.15, 0.2) is 0 Å². The highest BCUT2D eigenvalue weighted by Crippen LogP contribution is 2.33.